The Balaban J connectivity index is 2.97. The molecule has 17 heavy (non-hydrogen) atoms. The summed E-state index contributed by atoms with van der Waals surface area (Å²) in [5, 5.41) is 17.6. The molecular formula is C8H13N3O5S. The first-order valence-electron chi connectivity index (χ1n) is 4.65. The molecule has 0 fully saturated rings. The van der Waals surface area contributed by atoms with Crippen LogP contribution in [0, 0.1) is 0 Å². The van der Waals surface area contributed by atoms with Crippen molar-refractivity contribution in [3.8, 4) is 0 Å². The summed E-state index contributed by atoms with van der Waals surface area (Å²) < 4.78 is 26.7. The smallest absolute Gasteiger partial charge is 0.324 e. The number of nitrogens with zero attached hydrogens (tertiary/aromatic N) is 2. The first-order valence-corrected chi connectivity index (χ1v) is 6.13. The molecule has 8 nitrogen and oxygen atoms in total. The third-order valence-electron chi connectivity index (χ3n) is 1.99. The molecule has 2 atom stereocenters. The molecule has 0 amide bonds. The fourth-order valence-electron chi connectivity index (χ4n) is 1.11. The van der Waals surface area contributed by atoms with Crippen LogP contribution in [-0.4, -0.2) is 46.3 Å². The molecule has 1 heterocycles. The average Bonchev–Trinajstić information content (AvgIpc) is 2.61. The van der Waals surface area contributed by atoms with E-state index in [1.54, 1.807) is 7.05 Å². The van der Waals surface area contributed by atoms with Crippen LogP contribution in [0.1, 0.15) is 6.92 Å². The number of carboxylic acid groups (broad SMARTS) is 1. The van der Waals surface area contributed by atoms with Crippen LogP contribution in [0.5, 0.6) is 0 Å². The van der Waals surface area contributed by atoms with Crippen LogP contribution in [0.2, 0.25) is 0 Å². The van der Waals surface area contributed by atoms with Crippen molar-refractivity contribution in [2.75, 3.05) is 0 Å². The molecule has 0 saturated carbocycles. The third-order valence-corrected chi connectivity index (χ3v) is 3.31. The summed E-state index contributed by atoms with van der Waals surface area (Å²) >= 11 is 0. The summed E-state index contributed by atoms with van der Waals surface area (Å²) in [5.74, 6) is -1.46. The fourth-order valence-corrected chi connectivity index (χ4v) is 2.35. The quantitative estimate of drug-likeness (QED) is 0.596. The topological polar surface area (TPSA) is 122 Å². The molecule has 0 aromatic carbocycles. The van der Waals surface area contributed by atoms with Gasteiger partial charge in [0, 0.05) is 13.2 Å². The summed E-state index contributed by atoms with van der Waals surface area (Å²) in [6.07, 6.45) is 1.14. The van der Waals surface area contributed by atoms with Gasteiger partial charge in [-0.05, 0) is 6.92 Å². The van der Waals surface area contributed by atoms with E-state index in [0.717, 1.165) is 0 Å². The summed E-state index contributed by atoms with van der Waals surface area (Å²) in [4.78, 5) is 14.3. The lowest BCUT2D eigenvalue weighted by Gasteiger charge is -2.15. The normalized spacial score (nSPS) is 15.5. The van der Waals surface area contributed by atoms with Gasteiger partial charge < -0.3 is 14.8 Å². The number of aliphatic hydroxyl groups excluding tert-OH is 1. The molecule has 1 aromatic rings. The van der Waals surface area contributed by atoms with Crippen LogP contribution in [0.4, 0.5) is 0 Å². The van der Waals surface area contributed by atoms with Gasteiger partial charge in [0.1, 0.15) is 6.04 Å². The van der Waals surface area contributed by atoms with Crippen LogP contribution in [0.25, 0.3) is 0 Å². The predicted molar refractivity (Wildman–Crippen MR) is 56.6 cm³/mol. The second-order valence-corrected chi connectivity index (χ2v) is 5.22. The van der Waals surface area contributed by atoms with Crippen molar-refractivity contribution in [1.29, 1.82) is 0 Å². The monoisotopic (exact) mass is 263 g/mol. The van der Waals surface area contributed by atoms with E-state index >= 15 is 0 Å². The molecule has 3 N–H and O–H groups in total. The number of hydrogen-bond acceptors (Lipinski definition) is 5. The number of aryl methyl sites for hydroxylation is 1. The summed E-state index contributed by atoms with van der Waals surface area (Å²) in [6, 6.07) is -1.61. The Morgan fingerprint density at radius 3 is 2.53 bits per heavy atom. The molecule has 0 spiro atoms. The van der Waals surface area contributed by atoms with Crippen LogP contribution >= 0.6 is 0 Å². The molecule has 0 aliphatic heterocycles. The summed E-state index contributed by atoms with van der Waals surface area (Å²) in [5.41, 5.74) is 0. The Bertz CT molecular complexity index is 507. The zero-order valence-corrected chi connectivity index (χ0v) is 10.0. The zero-order valence-electron chi connectivity index (χ0n) is 9.23. The molecule has 0 unspecified atom stereocenters. The SMILES string of the molecule is C[C@@H](O)[C@H](NS(=O)(=O)c1cn(C)cn1)C(=O)O. The van der Waals surface area contributed by atoms with Crippen molar-refractivity contribution < 1.29 is 23.4 Å². The Hall–Kier alpha value is -1.45. The highest BCUT2D eigenvalue weighted by atomic mass is 32.2. The lowest BCUT2D eigenvalue weighted by molar-refractivity contribution is -0.141. The first-order chi connectivity index (χ1) is 7.74. The Labute approximate surface area is 98.0 Å². The van der Waals surface area contributed by atoms with Crippen molar-refractivity contribution in [3.63, 3.8) is 0 Å². The zero-order chi connectivity index (χ0) is 13.2. The van der Waals surface area contributed by atoms with Gasteiger partial charge in [0.25, 0.3) is 10.0 Å². The maximum absolute atomic E-state index is 11.7. The van der Waals surface area contributed by atoms with Crippen molar-refractivity contribution in [2.24, 2.45) is 7.05 Å². The lowest BCUT2D eigenvalue weighted by atomic mass is 10.2. The number of carboxylic acids is 1. The standard InChI is InChI=1S/C8H13N3O5S/c1-5(12)7(8(13)14)10-17(15,16)6-3-11(2)4-9-6/h3-5,7,10,12H,1-2H3,(H,13,14)/t5-,7+/m1/s1. The minimum Gasteiger partial charge on any atom is -0.480 e. The third kappa shape index (κ3) is 3.25. The predicted octanol–water partition coefficient (Wildman–Crippen LogP) is -1.47. The van der Waals surface area contributed by atoms with Gasteiger partial charge in [0.2, 0.25) is 0 Å². The highest BCUT2D eigenvalue weighted by Gasteiger charge is 2.30. The molecule has 96 valence electrons. The number of sulfonamides is 1. The lowest BCUT2D eigenvalue weighted by Crippen LogP contribution is -2.47. The molecule has 0 aliphatic rings. The highest BCUT2D eigenvalue weighted by molar-refractivity contribution is 7.89. The van der Waals surface area contributed by atoms with Gasteiger partial charge in [-0.3, -0.25) is 4.79 Å². The number of aliphatic carboxylic acids is 1. The highest BCUT2D eigenvalue weighted by Crippen LogP contribution is 2.06. The van der Waals surface area contributed by atoms with Crippen molar-refractivity contribution in [1.82, 2.24) is 14.3 Å². The number of nitrogens with one attached hydrogen (secondary N) is 1. The molecule has 0 bridgehead atoms. The maximum atomic E-state index is 11.7. The van der Waals surface area contributed by atoms with E-state index in [2.05, 4.69) is 4.98 Å². The van der Waals surface area contributed by atoms with Crippen molar-refractivity contribution >= 4 is 16.0 Å². The van der Waals surface area contributed by atoms with Gasteiger partial charge >= 0.3 is 5.97 Å². The fraction of sp³-hybridized carbons (Fsp3) is 0.500. The average molecular weight is 263 g/mol. The number of hydrogen-bond donors (Lipinski definition) is 3. The minimum atomic E-state index is -4.05. The van der Waals surface area contributed by atoms with E-state index in [4.69, 9.17) is 10.2 Å². The molecule has 0 radical (unpaired) electrons. The number of aromatic nitrogens is 2. The second kappa shape index (κ2) is 4.82. The first kappa shape index (κ1) is 13.6. The second-order valence-electron chi connectivity index (χ2n) is 3.56. The van der Waals surface area contributed by atoms with Crippen LogP contribution < -0.4 is 4.72 Å². The number of carbonyl (C=O) groups is 1. The van der Waals surface area contributed by atoms with Gasteiger partial charge in [-0.25, -0.2) is 13.4 Å². The molecule has 1 aromatic heterocycles. The van der Waals surface area contributed by atoms with E-state index in [9.17, 15) is 13.2 Å². The van der Waals surface area contributed by atoms with Gasteiger partial charge in [-0.2, -0.15) is 4.72 Å². The molecular weight excluding hydrogens is 250 g/mol. The van der Waals surface area contributed by atoms with Crippen molar-refractivity contribution in [2.45, 2.75) is 24.1 Å². The summed E-state index contributed by atoms with van der Waals surface area (Å²) in [7, 11) is -2.47. The van der Waals surface area contributed by atoms with Crippen LogP contribution in [0.15, 0.2) is 17.6 Å². The Morgan fingerprint density at radius 2 is 2.18 bits per heavy atom. The largest absolute Gasteiger partial charge is 0.480 e. The number of aliphatic hydroxyl groups is 1. The number of rotatable bonds is 5. The van der Waals surface area contributed by atoms with Gasteiger partial charge in [0.05, 0.1) is 12.4 Å². The Kier molecular flexibility index (Phi) is 3.86. The maximum Gasteiger partial charge on any atom is 0.324 e. The van der Waals surface area contributed by atoms with Crippen LogP contribution in [-0.2, 0) is 21.9 Å². The van der Waals surface area contributed by atoms with E-state index in [-0.39, 0.29) is 5.03 Å². The van der Waals surface area contributed by atoms with E-state index < -0.39 is 28.1 Å². The molecule has 0 saturated heterocycles. The van der Waals surface area contributed by atoms with Crippen molar-refractivity contribution in [3.05, 3.63) is 12.5 Å². The van der Waals surface area contributed by atoms with Crippen LogP contribution in [0.3, 0.4) is 0 Å². The Morgan fingerprint density at radius 1 is 1.59 bits per heavy atom. The molecule has 0 aliphatic carbocycles. The van der Waals surface area contributed by atoms with E-state index in [1.165, 1.54) is 24.0 Å². The number of imidazole rings is 1. The summed E-state index contributed by atoms with van der Waals surface area (Å²) in [6.45, 7) is 1.18. The van der Waals surface area contributed by atoms with E-state index in [1.807, 2.05) is 4.72 Å². The van der Waals surface area contributed by atoms with Gasteiger partial charge in [-0.15, -0.1) is 0 Å². The minimum absolute atomic E-state index is 0.299. The van der Waals surface area contributed by atoms with E-state index in [0.29, 0.717) is 0 Å². The molecule has 1 rings (SSSR count). The molecule has 9 heteroatoms. The van der Waals surface area contributed by atoms with Gasteiger partial charge in [0.15, 0.2) is 5.03 Å². The van der Waals surface area contributed by atoms with Gasteiger partial charge in [-0.1, -0.05) is 0 Å².